The van der Waals surface area contributed by atoms with Crippen molar-refractivity contribution >= 4 is 5.97 Å². The van der Waals surface area contributed by atoms with Crippen LogP contribution in [-0.2, 0) is 16.8 Å². The summed E-state index contributed by atoms with van der Waals surface area (Å²) >= 11 is 0. The standard InChI is InChI=1S/C13H16F2O3/c1-3-9-5-7-10(8-6-9)12(18,4-2)13(14,15)11(16)17/h5-8,18H,3-4H2,1-2H3,(H,16,17). The van der Waals surface area contributed by atoms with Crippen LogP contribution in [0, 0.1) is 0 Å². The van der Waals surface area contributed by atoms with Crippen LogP contribution in [0.15, 0.2) is 24.3 Å². The molecular weight excluding hydrogens is 242 g/mol. The van der Waals surface area contributed by atoms with Crippen LogP contribution in [0.4, 0.5) is 8.78 Å². The van der Waals surface area contributed by atoms with Crippen molar-refractivity contribution < 1.29 is 23.8 Å². The summed E-state index contributed by atoms with van der Waals surface area (Å²) in [6.45, 7) is 3.23. The van der Waals surface area contributed by atoms with Gasteiger partial charge >= 0.3 is 11.9 Å². The van der Waals surface area contributed by atoms with Gasteiger partial charge in [0.15, 0.2) is 5.60 Å². The minimum absolute atomic E-state index is 0.0883. The highest BCUT2D eigenvalue weighted by molar-refractivity contribution is 5.77. The Morgan fingerprint density at radius 2 is 1.72 bits per heavy atom. The maximum absolute atomic E-state index is 13.6. The van der Waals surface area contributed by atoms with Gasteiger partial charge in [-0.05, 0) is 24.0 Å². The van der Waals surface area contributed by atoms with Gasteiger partial charge in [0.25, 0.3) is 0 Å². The lowest BCUT2D eigenvalue weighted by atomic mass is 9.84. The fourth-order valence-electron chi connectivity index (χ4n) is 1.80. The molecular formula is C13H16F2O3. The molecule has 0 aromatic heterocycles. The molecule has 0 fully saturated rings. The maximum Gasteiger partial charge on any atom is 0.378 e. The molecule has 1 aromatic carbocycles. The largest absolute Gasteiger partial charge is 0.477 e. The number of carboxylic acids is 1. The Bertz CT molecular complexity index is 428. The summed E-state index contributed by atoms with van der Waals surface area (Å²) in [5, 5.41) is 18.6. The van der Waals surface area contributed by atoms with Gasteiger partial charge in [0, 0.05) is 0 Å². The van der Waals surface area contributed by atoms with E-state index in [4.69, 9.17) is 5.11 Å². The number of alkyl halides is 2. The summed E-state index contributed by atoms with van der Waals surface area (Å²) in [6.07, 6.45) is 0.345. The molecule has 0 heterocycles. The molecule has 1 unspecified atom stereocenters. The number of hydrogen-bond acceptors (Lipinski definition) is 2. The van der Waals surface area contributed by atoms with E-state index in [9.17, 15) is 18.7 Å². The lowest BCUT2D eigenvalue weighted by molar-refractivity contribution is -0.213. The number of halogens is 2. The number of hydrogen-bond donors (Lipinski definition) is 2. The lowest BCUT2D eigenvalue weighted by Gasteiger charge is -2.32. The Morgan fingerprint density at radius 3 is 2.06 bits per heavy atom. The third-order valence-corrected chi connectivity index (χ3v) is 3.14. The fraction of sp³-hybridized carbons (Fsp3) is 0.462. The topological polar surface area (TPSA) is 57.5 Å². The SMILES string of the molecule is CCc1ccc(C(O)(CC)C(F)(F)C(=O)O)cc1. The number of aliphatic carboxylic acids is 1. The summed E-state index contributed by atoms with van der Waals surface area (Å²) in [7, 11) is 0. The Hall–Kier alpha value is -1.49. The van der Waals surface area contributed by atoms with Gasteiger partial charge in [-0.2, -0.15) is 8.78 Å². The molecule has 5 heteroatoms. The van der Waals surface area contributed by atoms with Crippen molar-refractivity contribution in [3.63, 3.8) is 0 Å². The first-order chi connectivity index (χ1) is 8.29. The van der Waals surface area contributed by atoms with Crippen LogP contribution < -0.4 is 0 Å². The van der Waals surface area contributed by atoms with Gasteiger partial charge in [-0.15, -0.1) is 0 Å². The van der Waals surface area contributed by atoms with Crippen LogP contribution >= 0.6 is 0 Å². The molecule has 0 aliphatic carbocycles. The predicted molar refractivity (Wildman–Crippen MR) is 62.6 cm³/mol. The van der Waals surface area contributed by atoms with E-state index in [-0.39, 0.29) is 5.56 Å². The van der Waals surface area contributed by atoms with Crippen LogP contribution in [0.1, 0.15) is 31.4 Å². The van der Waals surface area contributed by atoms with Crippen molar-refractivity contribution in [2.75, 3.05) is 0 Å². The molecule has 0 spiro atoms. The summed E-state index contributed by atoms with van der Waals surface area (Å²) in [5.74, 6) is -6.55. The van der Waals surface area contributed by atoms with E-state index >= 15 is 0 Å². The molecule has 1 aromatic rings. The first-order valence-electron chi connectivity index (χ1n) is 5.72. The number of benzene rings is 1. The van der Waals surface area contributed by atoms with Gasteiger partial charge in [0.05, 0.1) is 0 Å². The quantitative estimate of drug-likeness (QED) is 0.853. The zero-order chi connectivity index (χ0) is 14.0. The number of aryl methyl sites for hydroxylation is 1. The second-order valence-corrected chi connectivity index (χ2v) is 4.14. The zero-order valence-corrected chi connectivity index (χ0v) is 10.3. The van der Waals surface area contributed by atoms with Crippen LogP contribution in [0.25, 0.3) is 0 Å². The van der Waals surface area contributed by atoms with Gasteiger partial charge < -0.3 is 10.2 Å². The Morgan fingerprint density at radius 1 is 1.22 bits per heavy atom. The van der Waals surface area contributed by atoms with Crippen molar-refractivity contribution in [1.29, 1.82) is 0 Å². The van der Waals surface area contributed by atoms with Gasteiger partial charge in [-0.25, -0.2) is 4.79 Å². The van der Waals surface area contributed by atoms with E-state index in [1.54, 1.807) is 12.1 Å². The van der Waals surface area contributed by atoms with Crippen molar-refractivity contribution in [3.8, 4) is 0 Å². The van der Waals surface area contributed by atoms with Crippen LogP contribution in [-0.4, -0.2) is 22.1 Å². The molecule has 3 nitrogen and oxygen atoms in total. The lowest BCUT2D eigenvalue weighted by Crippen LogP contribution is -2.50. The van der Waals surface area contributed by atoms with E-state index in [1.165, 1.54) is 19.1 Å². The smallest absolute Gasteiger partial charge is 0.378 e. The van der Waals surface area contributed by atoms with Crippen molar-refractivity contribution in [2.45, 2.75) is 38.2 Å². The van der Waals surface area contributed by atoms with Gasteiger partial charge in [0.1, 0.15) is 0 Å². The average molecular weight is 258 g/mol. The van der Waals surface area contributed by atoms with Gasteiger partial charge in [0.2, 0.25) is 0 Å². The Balaban J connectivity index is 3.26. The molecule has 0 saturated heterocycles. The molecule has 1 rings (SSSR count). The molecule has 0 bridgehead atoms. The third-order valence-electron chi connectivity index (χ3n) is 3.14. The fourth-order valence-corrected chi connectivity index (χ4v) is 1.80. The highest BCUT2D eigenvalue weighted by Crippen LogP contribution is 2.40. The number of carboxylic acid groups (broad SMARTS) is 1. The second-order valence-electron chi connectivity index (χ2n) is 4.14. The molecule has 0 aliphatic heterocycles. The molecule has 0 radical (unpaired) electrons. The highest BCUT2D eigenvalue weighted by atomic mass is 19.3. The number of rotatable bonds is 5. The monoisotopic (exact) mass is 258 g/mol. The first kappa shape index (κ1) is 14.6. The molecule has 1 atom stereocenters. The normalized spacial score (nSPS) is 15.2. The minimum atomic E-state index is -4.23. The predicted octanol–water partition coefficient (Wildman–Crippen LogP) is 2.57. The second kappa shape index (κ2) is 5.02. The molecule has 100 valence electrons. The summed E-state index contributed by atoms with van der Waals surface area (Å²) in [4.78, 5) is 10.6. The number of aliphatic hydroxyl groups is 1. The summed E-state index contributed by atoms with van der Waals surface area (Å²) in [5.41, 5.74) is -1.85. The van der Waals surface area contributed by atoms with Crippen molar-refractivity contribution in [1.82, 2.24) is 0 Å². The van der Waals surface area contributed by atoms with E-state index in [1.807, 2.05) is 6.92 Å². The first-order valence-corrected chi connectivity index (χ1v) is 5.72. The van der Waals surface area contributed by atoms with Gasteiger partial charge in [-0.1, -0.05) is 38.1 Å². The van der Waals surface area contributed by atoms with Crippen LogP contribution in [0.2, 0.25) is 0 Å². The molecule has 18 heavy (non-hydrogen) atoms. The zero-order valence-electron chi connectivity index (χ0n) is 10.3. The number of carbonyl (C=O) groups is 1. The average Bonchev–Trinajstić information content (AvgIpc) is 2.37. The molecule has 0 amide bonds. The van der Waals surface area contributed by atoms with Crippen LogP contribution in [0.5, 0.6) is 0 Å². The Kier molecular flexibility index (Phi) is 4.06. The maximum atomic E-state index is 13.6. The van der Waals surface area contributed by atoms with E-state index in [0.29, 0.717) is 0 Å². The van der Waals surface area contributed by atoms with E-state index in [0.717, 1.165) is 12.0 Å². The Labute approximate surface area is 104 Å². The highest BCUT2D eigenvalue weighted by Gasteiger charge is 2.58. The minimum Gasteiger partial charge on any atom is -0.477 e. The summed E-state index contributed by atoms with van der Waals surface area (Å²) < 4.78 is 27.2. The molecule has 0 aliphatic rings. The molecule has 0 saturated carbocycles. The van der Waals surface area contributed by atoms with E-state index < -0.39 is 23.9 Å². The van der Waals surface area contributed by atoms with Crippen molar-refractivity contribution in [3.05, 3.63) is 35.4 Å². The summed E-state index contributed by atoms with van der Waals surface area (Å²) in [6, 6.07) is 5.90. The van der Waals surface area contributed by atoms with Gasteiger partial charge in [-0.3, -0.25) is 0 Å². The van der Waals surface area contributed by atoms with E-state index in [2.05, 4.69) is 0 Å². The molecule has 2 N–H and O–H groups in total. The van der Waals surface area contributed by atoms with Crippen molar-refractivity contribution in [2.24, 2.45) is 0 Å². The van der Waals surface area contributed by atoms with Crippen LogP contribution in [0.3, 0.4) is 0 Å². The third kappa shape index (κ3) is 2.22.